The van der Waals surface area contributed by atoms with Crippen molar-refractivity contribution in [3.05, 3.63) is 0 Å². The Morgan fingerprint density at radius 1 is 1.15 bits per heavy atom. The smallest absolute Gasteiger partial charge is 0.243 e. The van der Waals surface area contributed by atoms with Crippen molar-refractivity contribution in [1.82, 2.24) is 25.3 Å². The van der Waals surface area contributed by atoms with E-state index < -0.39 is 0 Å². The van der Waals surface area contributed by atoms with Crippen LogP contribution in [0.25, 0.3) is 0 Å². The first-order valence-corrected chi connectivity index (χ1v) is 8.69. The lowest BCUT2D eigenvalue weighted by Gasteiger charge is -2.36. The molecule has 1 aliphatic rings. The fraction of sp³-hybridized carbons (Fsp3) is 0.812. The zero-order valence-electron chi connectivity index (χ0n) is 16.3. The van der Waals surface area contributed by atoms with Crippen LogP contribution in [0.15, 0.2) is 4.99 Å². The molecule has 1 rings (SSSR count). The van der Waals surface area contributed by atoms with E-state index in [0.717, 1.165) is 38.7 Å². The first-order valence-electron chi connectivity index (χ1n) is 8.69. The Morgan fingerprint density at radius 2 is 1.81 bits per heavy atom. The molecule has 0 aromatic carbocycles. The minimum Gasteiger partial charge on any atom is -0.383 e. The van der Waals surface area contributed by atoms with Crippen molar-refractivity contribution in [2.24, 2.45) is 4.99 Å². The number of aliphatic imine (C=N–C) groups is 1. The zero-order valence-corrected chi connectivity index (χ0v) is 18.6. The fourth-order valence-electron chi connectivity index (χ4n) is 2.38. The van der Waals surface area contributed by atoms with E-state index >= 15 is 0 Å². The Bertz CT molecular complexity index is 453. The Hall–Kier alpha value is -1.14. The van der Waals surface area contributed by atoms with Crippen molar-refractivity contribution in [2.75, 3.05) is 80.2 Å². The van der Waals surface area contributed by atoms with Crippen LogP contribution in [0, 0.1) is 0 Å². The lowest BCUT2D eigenvalue weighted by Crippen LogP contribution is -2.54. The molecule has 2 N–H and O–H groups in total. The maximum absolute atomic E-state index is 11.8. The molecule has 0 bridgehead atoms. The van der Waals surface area contributed by atoms with Gasteiger partial charge in [-0.3, -0.25) is 14.5 Å². The van der Waals surface area contributed by atoms with E-state index in [-0.39, 0.29) is 42.3 Å². The van der Waals surface area contributed by atoms with E-state index in [1.54, 1.807) is 21.2 Å². The predicted octanol–water partition coefficient (Wildman–Crippen LogP) is -0.962. The molecule has 10 heteroatoms. The SMILES string of the molecule is CCNC(=NCC(=O)N(C)C)N1CCN(CC(=O)NCCOC)CC1.I. The second kappa shape index (κ2) is 14.0. The van der Waals surface area contributed by atoms with E-state index in [0.29, 0.717) is 19.7 Å². The number of halogens is 1. The number of likely N-dealkylation sites (N-methyl/N-ethyl adjacent to an activating group) is 1. The summed E-state index contributed by atoms with van der Waals surface area (Å²) in [6, 6.07) is 0. The first-order chi connectivity index (χ1) is 12.0. The van der Waals surface area contributed by atoms with Gasteiger partial charge in [-0.05, 0) is 6.92 Å². The van der Waals surface area contributed by atoms with Gasteiger partial charge in [0.15, 0.2) is 5.96 Å². The van der Waals surface area contributed by atoms with Gasteiger partial charge in [-0.2, -0.15) is 0 Å². The van der Waals surface area contributed by atoms with E-state index in [9.17, 15) is 9.59 Å². The number of hydrogen-bond acceptors (Lipinski definition) is 5. The van der Waals surface area contributed by atoms with Gasteiger partial charge in [0.2, 0.25) is 11.8 Å². The number of rotatable bonds is 8. The summed E-state index contributed by atoms with van der Waals surface area (Å²) in [5, 5.41) is 6.06. The summed E-state index contributed by atoms with van der Waals surface area (Å²) in [6.45, 7) is 7.44. The van der Waals surface area contributed by atoms with E-state index in [1.165, 1.54) is 4.90 Å². The van der Waals surface area contributed by atoms with Crippen LogP contribution in [0.3, 0.4) is 0 Å². The lowest BCUT2D eigenvalue weighted by molar-refractivity contribution is -0.127. The Kier molecular flexibility index (Phi) is 13.4. The van der Waals surface area contributed by atoms with Gasteiger partial charge in [-0.1, -0.05) is 0 Å². The molecule has 1 fully saturated rings. The molecule has 0 radical (unpaired) electrons. The number of nitrogens with one attached hydrogen (secondary N) is 2. The maximum atomic E-state index is 11.8. The molecule has 9 nitrogen and oxygen atoms in total. The number of ether oxygens (including phenoxy) is 1. The average molecular weight is 484 g/mol. The lowest BCUT2D eigenvalue weighted by atomic mass is 10.3. The number of amides is 2. The number of methoxy groups -OCH3 is 1. The summed E-state index contributed by atoms with van der Waals surface area (Å²) in [7, 11) is 5.06. The third-order valence-corrected chi connectivity index (χ3v) is 3.87. The largest absolute Gasteiger partial charge is 0.383 e. The molecule has 0 spiro atoms. The molecule has 1 aliphatic heterocycles. The molecule has 0 aromatic heterocycles. The van der Waals surface area contributed by atoms with Crippen LogP contribution in [-0.4, -0.2) is 113 Å². The summed E-state index contributed by atoms with van der Waals surface area (Å²) < 4.78 is 4.92. The van der Waals surface area contributed by atoms with Gasteiger partial charge in [0, 0.05) is 60.5 Å². The van der Waals surface area contributed by atoms with Gasteiger partial charge >= 0.3 is 0 Å². The summed E-state index contributed by atoms with van der Waals surface area (Å²) in [6.07, 6.45) is 0. The number of guanidine groups is 1. The van der Waals surface area contributed by atoms with Gasteiger partial charge in [0.1, 0.15) is 6.54 Å². The highest BCUT2D eigenvalue weighted by atomic mass is 127. The first kappa shape index (κ1) is 24.9. The summed E-state index contributed by atoms with van der Waals surface area (Å²) in [4.78, 5) is 33.8. The van der Waals surface area contributed by atoms with Gasteiger partial charge in [-0.25, -0.2) is 4.99 Å². The zero-order chi connectivity index (χ0) is 18.7. The normalized spacial score (nSPS) is 15.2. The monoisotopic (exact) mass is 484 g/mol. The quantitative estimate of drug-likeness (QED) is 0.200. The van der Waals surface area contributed by atoms with Crippen molar-refractivity contribution in [1.29, 1.82) is 0 Å². The minimum atomic E-state index is -0.0261. The van der Waals surface area contributed by atoms with Gasteiger partial charge < -0.3 is 25.2 Å². The highest BCUT2D eigenvalue weighted by molar-refractivity contribution is 14.0. The second-order valence-corrected chi connectivity index (χ2v) is 6.06. The Morgan fingerprint density at radius 3 is 2.35 bits per heavy atom. The number of piperazine rings is 1. The molecule has 1 heterocycles. The van der Waals surface area contributed by atoms with E-state index in [1.807, 2.05) is 6.92 Å². The number of carbonyl (C=O) groups is 2. The molecule has 0 aromatic rings. The van der Waals surface area contributed by atoms with E-state index in [2.05, 4.69) is 25.4 Å². The standard InChI is InChI=1S/C16H32N6O3.HI/c1-5-17-16(19-12-15(24)20(2)3)22-9-7-21(8-10-22)13-14(23)18-6-11-25-4;/h5-13H2,1-4H3,(H,17,19)(H,18,23);1H. The Balaban J connectivity index is 0.00000625. The van der Waals surface area contributed by atoms with Crippen molar-refractivity contribution >= 4 is 41.8 Å². The average Bonchev–Trinajstić information content (AvgIpc) is 2.59. The molecule has 26 heavy (non-hydrogen) atoms. The molecular formula is C16H33IN6O3. The van der Waals surface area contributed by atoms with E-state index in [4.69, 9.17) is 4.74 Å². The molecule has 152 valence electrons. The summed E-state index contributed by atoms with van der Waals surface area (Å²) >= 11 is 0. The van der Waals surface area contributed by atoms with Crippen LogP contribution in [0.1, 0.15) is 6.92 Å². The highest BCUT2D eigenvalue weighted by Gasteiger charge is 2.21. The van der Waals surface area contributed by atoms with Crippen molar-refractivity contribution in [3.63, 3.8) is 0 Å². The number of nitrogens with zero attached hydrogens (tertiary/aromatic N) is 4. The molecular weight excluding hydrogens is 451 g/mol. The minimum absolute atomic E-state index is 0. The second-order valence-electron chi connectivity index (χ2n) is 6.06. The van der Waals surface area contributed by atoms with Gasteiger partial charge in [0.05, 0.1) is 13.2 Å². The van der Waals surface area contributed by atoms with Crippen molar-refractivity contribution in [3.8, 4) is 0 Å². The van der Waals surface area contributed by atoms with Crippen LogP contribution in [0.2, 0.25) is 0 Å². The third kappa shape index (κ3) is 9.53. The molecule has 0 saturated carbocycles. The van der Waals surface area contributed by atoms with Crippen LogP contribution in [-0.2, 0) is 14.3 Å². The van der Waals surface area contributed by atoms with Crippen LogP contribution >= 0.6 is 24.0 Å². The molecule has 2 amide bonds. The Labute approximate surface area is 173 Å². The van der Waals surface area contributed by atoms with Crippen molar-refractivity contribution < 1.29 is 14.3 Å². The van der Waals surface area contributed by atoms with Crippen LogP contribution in [0.4, 0.5) is 0 Å². The highest BCUT2D eigenvalue weighted by Crippen LogP contribution is 2.02. The molecule has 0 aliphatic carbocycles. The molecule has 1 saturated heterocycles. The van der Waals surface area contributed by atoms with Crippen LogP contribution in [0.5, 0.6) is 0 Å². The van der Waals surface area contributed by atoms with Gasteiger partial charge in [0.25, 0.3) is 0 Å². The fourth-order valence-corrected chi connectivity index (χ4v) is 2.38. The van der Waals surface area contributed by atoms with Gasteiger partial charge in [-0.15, -0.1) is 24.0 Å². The number of carbonyl (C=O) groups excluding carboxylic acids is 2. The number of hydrogen-bond donors (Lipinski definition) is 2. The summed E-state index contributed by atoms with van der Waals surface area (Å²) in [5.74, 6) is 0.742. The maximum Gasteiger partial charge on any atom is 0.243 e. The molecule has 0 unspecified atom stereocenters. The van der Waals surface area contributed by atoms with Crippen LogP contribution < -0.4 is 10.6 Å². The third-order valence-electron chi connectivity index (χ3n) is 3.87. The molecule has 0 atom stereocenters. The predicted molar refractivity (Wildman–Crippen MR) is 113 cm³/mol. The topological polar surface area (TPSA) is 89.5 Å². The van der Waals surface area contributed by atoms with Crippen molar-refractivity contribution in [2.45, 2.75) is 6.92 Å². The summed E-state index contributed by atoms with van der Waals surface area (Å²) in [5.41, 5.74) is 0.